The summed E-state index contributed by atoms with van der Waals surface area (Å²) in [5.41, 5.74) is 8.01. The van der Waals surface area contributed by atoms with Gasteiger partial charge in [-0.05, 0) is 55.1 Å². The molecule has 3 aromatic rings. The topological polar surface area (TPSA) is 41.7 Å². The fraction of sp³-hybridized carbons (Fsp3) is 0.364. The van der Waals surface area contributed by atoms with Crippen LogP contribution in [-0.4, -0.2) is 44.2 Å². The Bertz CT molecular complexity index is 871. The summed E-state index contributed by atoms with van der Waals surface area (Å²) in [5, 5.41) is 3.59. The molecule has 0 unspecified atom stereocenters. The van der Waals surface area contributed by atoms with Crippen LogP contribution in [0.4, 0.5) is 11.4 Å². The number of hydrogen-bond acceptors (Lipinski definition) is 5. The van der Waals surface area contributed by atoms with Crippen LogP contribution in [-0.2, 0) is 0 Å². The molecular weight excluding hydrogens is 354 g/mol. The zero-order valence-electron chi connectivity index (χ0n) is 15.6. The van der Waals surface area contributed by atoms with E-state index in [2.05, 4.69) is 39.4 Å². The van der Waals surface area contributed by atoms with Crippen molar-refractivity contribution >= 4 is 32.8 Å². The smallest absolute Gasteiger partial charge is 0.142 e. The lowest BCUT2D eigenvalue weighted by Gasteiger charge is -2.36. The Balaban J connectivity index is 1.19. The van der Waals surface area contributed by atoms with Crippen LogP contribution in [0.3, 0.4) is 0 Å². The van der Waals surface area contributed by atoms with Crippen molar-refractivity contribution < 1.29 is 4.74 Å². The highest BCUT2D eigenvalue weighted by molar-refractivity contribution is 7.17. The number of thiophene rings is 1. The van der Waals surface area contributed by atoms with E-state index in [1.54, 1.807) is 0 Å². The molecule has 4 nitrogen and oxygen atoms in total. The fourth-order valence-corrected chi connectivity index (χ4v) is 4.51. The number of rotatable bonds is 7. The summed E-state index contributed by atoms with van der Waals surface area (Å²) >= 11 is 1.82. The summed E-state index contributed by atoms with van der Waals surface area (Å²) in [7, 11) is 0. The molecule has 27 heavy (non-hydrogen) atoms. The monoisotopic (exact) mass is 381 g/mol. The van der Waals surface area contributed by atoms with Gasteiger partial charge in [-0.25, -0.2) is 0 Å². The van der Waals surface area contributed by atoms with Gasteiger partial charge < -0.3 is 15.4 Å². The second-order valence-corrected chi connectivity index (χ2v) is 7.98. The van der Waals surface area contributed by atoms with Gasteiger partial charge in [-0.3, -0.25) is 4.90 Å². The van der Waals surface area contributed by atoms with E-state index in [0.717, 1.165) is 57.9 Å². The van der Waals surface area contributed by atoms with E-state index in [9.17, 15) is 0 Å². The quantitative estimate of drug-likeness (QED) is 0.484. The Morgan fingerprint density at radius 1 is 0.926 bits per heavy atom. The summed E-state index contributed by atoms with van der Waals surface area (Å²) in [5.74, 6) is 0.800. The van der Waals surface area contributed by atoms with Crippen LogP contribution in [0, 0.1) is 0 Å². The minimum absolute atomic E-state index is 0.717. The zero-order chi connectivity index (χ0) is 18.5. The van der Waals surface area contributed by atoms with Crippen molar-refractivity contribution in [3.63, 3.8) is 0 Å². The molecule has 0 aliphatic carbocycles. The molecule has 0 saturated carbocycles. The number of nitrogens with zero attached hydrogens (tertiary/aromatic N) is 2. The Hall–Kier alpha value is -2.24. The van der Waals surface area contributed by atoms with Gasteiger partial charge in [-0.2, -0.15) is 0 Å². The van der Waals surface area contributed by atoms with Gasteiger partial charge in [0, 0.05) is 42.0 Å². The third kappa shape index (κ3) is 4.37. The number of anilines is 2. The Kier molecular flexibility index (Phi) is 5.80. The summed E-state index contributed by atoms with van der Waals surface area (Å²) in [6.45, 7) is 6.34. The standard InChI is InChI=1S/C22H27N3OS/c23-19-6-1-2-8-21(19)26-16-4-3-11-24-12-14-25(15-13-24)20-7-5-9-22-18(20)10-17-27-22/h1-2,5-10,17H,3-4,11-16,23H2. The highest BCUT2D eigenvalue weighted by Crippen LogP contribution is 2.31. The van der Waals surface area contributed by atoms with Crippen LogP contribution in [0.15, 0.2) is 53.9 Å². The van der Waals surface area contributed by atoms with Crippen molar-refractivity contribution in [2.45, 2.75) is 12.8 Å². The molecule has 0 atom stereocenters. The van der Waals surface area contributed by atoms with E-state index in [0.29, 0.717) is 5.69 Å². The predicted molar refractivity (Wildman–Crippen MR) is 116 cm³/mol. The van der Waals surface area contributed by atoms with Crippen LogP contribution < -0.4 is 15.4 Å². The number of unbranched alkanes of at least 4 members (excludes halogenated alkanes) is 1. The first-order chi connectivity index (χ1) is 13.3. The molecule has 1 aromatic heterocycles. The van der Waals surface area contributed by atoms with Gasteiger partial charge in [0.05, 0.1) is 12.3 Å². The number of benzene rings is 2. The highest BCUT2D eigenvalue weighted by Gasteiger charge is 2.18. The molecule has 0 radical (unpaired) electrons. The molecule has 2 heterocycles. The van der Waals surface area contributed by atoms with Crippen molar-refractivity contribution in [2.75, 3.05) is 50.0 Å². The first-order valence-corrected chi connectivity index (χ1v) is 10.6. The van der Waals surface area contributed by atoms with E-state index < -0.39 is 0 Å². The van der Waals surface area contributed by atoms with E-state index in [-0.39, 0.29) is 0 Å². The van der Waals surface area contributed by atoms with Gasteiger partial charge in [0.1, 0.15) is 5.75 Å². The van der Waals surface area contributed by atoms with Gasteiger partial charge in [-0.15, -0.1) is 11.3 Å². The maximum Gasteiger partial charge on any atom is 0.142 e. The third-order valence-electron chi connectivity index (χ3n) is 5.23. The number of nitrogen functional groups attached to an aromatic ring is 1. The average molecular weight is 382 g/mol. The lowest BCUT2D eigenvalue weighted by molar-refractivity contribution is 0.239. The maximum absolute atomic E-state index is 5.90. The number of para-hydroxylation sites is 2. The molecule has 4 rings (SSSR count). The summed E-state index contributed by atoms with van der Waals surface area (Å²) in [6.07, 6.45) is 2.22. The van der Waals surface area contributed by atoms with Crippen molar-refractivity contribution in [3.05, 3.63) is 53.9 Å². The molecule has 142 valence electrons. The zero-order valence-corrected chi connectivity index (χ0v) is 16.5. The minimum Gasteiger partial charge on any atom is -0.491 e. The molecular formula is C22H27N3OS. The SMILES string of the molecule is Nc1ccccc1OCCCCN1CCN(c2cccc3sccc23)CC1. The average Bonchev–Trinajstić information content (AvgIpc) is 3.18. The molecule has 0 amide bonds. The molecule has 1 aliphatic heterocycles. The molecule has 1 aliphatic rings. The molecule has 1 fully saturated rings. The van der Waals surface area contributed by atoms with E-state index in [4.69, 9.17) is 10.5 Å². The normalized spacial score (nSPS) is 15.3. The van der Waals surface area contributed by atoms with Crippen LogP contribution in [0.25, 0.3) is 10.1 Å². The van der Waals surface area contributed by atoms with Crippen molar-refractivity contribution in [1.82, 2.24) is 4.90 Å². The van der Waals surface area contributed by atoms with E-state index >= 15 is 0 Å². The molecule has 5 heteroatoms. The Morgan fingerprint density at radius 2 is 1.78 bits per heavy atom. The molecule has 2 N–H and O–H groups in total. The molecule has 0 bridgehead atoms. The summed E-state index contributed by atoms with van der Waals surface area (Å²) < 4.78 is 7.17. The highest BCUT2D eigenvalue weighted by atomic mass is 32.1. The van der Waals surface area contributed by atoms with Gasteiger partial charge in [0.2, 0.25) is 0 Å². The van der Waals surface area contributed by atoms with Gasteiger partial charge in [0.25, 0.3) is 0 Å². The van der Waals surface area contributed by atoms with E-state index in [1.807, 2.05) is 35.6 Å². The first-order valence-electron chi connectivity index (χ1n) is 9.72. The Morgan fingerprint density at radius 3 is 2.63 bits per heavy atom. The van der Waals surface area contributed by atoms with Gasteiger partial charge >= 0.3 is 0 Å². The summed E-state index contributed by atoms with van der Waals surface area (Å²) in [6, 6.07) is 16.6. The summed E-state index contributed by atoms with van der Waals surface area (Å²) in [4.78, 5) is 5.11. The maximum atomic E-state index is 5.90. The largest absolute Gasteiger partial charge is 0.491 e. The lowest BCUT2D eigenvalue weighted by Crippen LogP contribution is -2.46. The van der Waals surface area contributed by atoms with Crippen molar-refractivity contribution in [2.24, 2.45) is 0 Å². The number of nitrogens with two attached hydrogens (primary N) is 1. The number of hydrogen-bond donors (Lipinski definition) is 1. The van der Waals surface area contributed by atoms with E-state index in [1.165, 1.54) is 15.8 Å². The molecule has 1 saturated heterocycles. The second-order valence-electron chi connectivity index (χ2n) is 7.03. The number of ether oxygens (including phenoxy) is 1. The fourth-order valence-electron chi connectivity index (χ4n) is 3.70. The predicted octanol–water partition coefficient (Wildman–Crippen LogP) is 4.46. The van der Waals surface area contributed by atoms with Gasteiger partial charge in [0.15, 0.2) is 0 Å². The van der Waals surface area contributed by atoms with Crippen molar-refractivity contribution in [1.29, 1.82) is 0 Å². The second kappa shape index (κ2) is 8.63. The molecule has 0 spiro atoms. The lowest BCUT2D eigenvalue weighted by atomic mass is 10.2. The molecule has 2 aromatic carbocycles. The Labute approximate surface area is 165 Å². The first kappa shape index (κ1) is 18.1. The van der Waals surface area contributed by atoms with Crippen LogP contribution in [0.5, 0.6) is 5.75 Å². The van der Waals surface area contributed by atoms with Crippen molar-refractivity contribution in [3.8, 4) is 5.75 Å². The van der Waals surface area contributed by atoms with Gasteiger partial charge in [-0.1, -0.05) is 18.2 Å². The number of fused-ring (bicyclic) bond motifs is 1. The number of piperazine rings is 1. The van der Waals surface area contributed by atoms with Crippen LogP contribution in [0.1, 0.15) is 12.8 Å². The third-order valence-corrected chi connectivity index (χ3v) is 6.11. The van der Waals surface area contributed by atoms with Crippen LogP contribution >= 0.6 is 11.3 Å². The van der Waals surface area contributed by atoms with Crippen LogP contribution in [0.2, 0.25) is 0 Å². The minimum atomic E-state index is 0.717.